The summed E-state index contributed by atoms with van der Waals surface area (Å²) in [6.45, 7) is 7.35. The van der Waals surface area contributed by atoms with Crippen molar-refractivity contribution in [3.05, 3.63) is 38.5 Å². The number of nitrogens with one attached hydrogen (secondary N) is 2. The molecule has 0 unspecified atom stereocenters. The lowest BCUT2D eigenvalue weighted by molar-refractivity contribution is 0.102. The highest BCUT2D eigenvalue weighted by Gasteiger charge is 2.19. The van der Waals surface area contributed by atoms with E-state index in [1.54, 1.807) is 0 Å². The van der Waals surface area contributed by atoms with Crippen LogP contribution in [0, 0.1) is 12.8 Å². The summed E-state index contributed by atoms with van der Waals surface area (Å²) in [6, 6.07) is 1.22. The minimum Gasteiger partial charge on any atom is -0.310 e. The Morgan fingerprint density at radius 1 is 1.41 bits per heavy atom. The van der Waals surface area contributed by atoms with Crippen LogP contribution in [-0.2, 0) is 12.3 Å². The Hall–Kier alpha value is -1.71. The monoisotopic (exact) mass is 407 g/mol. The van der Waals surface area contributed by atoms with Gasteiger partial charge < -0.3 is 4.98 Å². The molecule has 1 fully saturated rings. The molecule has 146 valence electrons. The maximum absolute atomic E-state index is 12.5. The van der Waals surface area contributed by atoms with E-state index in [4.69, 9.17) is 0 Å². The van der Waals surface area contributed by atoms with E-state index in [0.717, 1.165) is 31.2 Å². The predicted molar refractivity (Wildman–Crippen MR) is 111 cm³/mol. The highest BCUT2D eigenvalue weighted by molar-refractivity contribution is 7.97. The summed E-state index contributed by atoms with van der Waals surface area (Å²) in [7, 11) is 0. The van der Waals surface area contributed by atoms with Crippen molar-refractivity contribution in [1.29, 1.82) is 0 Å². The summed E-state index contributed by atoms with van der Waals surface area (Å²) in [5.41, 5.74) is 0.729. The molecule has 1 saturated heterocycles. The molecule has 1 aliphatic rings. The second kappa shape index (κ2) is 8.99. The standard InChI is InChI=1S/C18H25N5O2S2/c1-11-4-6-23(7-5-11)9-14-12(2)19-18(27-14)22-17(25)13-8-16(24)21-15(20-13)10-26-3/h8,11H,4-7,9-10H2,1-3H3,(H,19,22,25)(H,20,21,24). The molecule has 1 amide bonds. The second-order valence-corrected chi connectivity index (χ2v) is 8.90. The zero-order valence-corrected chi connectivity index (χ0v) is 17.5. The van der Waals surface area contributed by atoms with Gasteiger partial charge in [0.15, 0.2) is 5.13 Å². The molecule has 1 aliphatic heterocycles. The minimum absolute atomic E-state index is 0.113. The van der Waals surface area contributed by atoms with Crippen LogP contribution in [0.4, 0.5) is 5.13 Å². The highest BCUT2D eigenvalue weighted by Crippen LogP contribution is 2.26. The summed E-state index contributed by atoms with van der Waals surface area (Å²) < 4.78 is 0. The number of likely N-dealkylation sites (tertiary alicyclic amines) is 1. The number of thioether (sulfide) groups is 1. The van der Waals surface area contributed by atoms with Crippen LogP contribution in [0.5, 0.6) is 0 Å². The van der Waals surface area contributed by atoms with Gasteiger partial charge in [-0.3, -0.25) is 19.8 Å². The van der Waals surface area contributed by atoms with Gasteiger partial charge in [-0.25, -0.2) is 9.97 Å². The van der Waals surface area contributed by atoms with Crippen molar-refractivity contribution in [2.24, 2.45) is 5.92 Å². The van der Waals surface area contributed by atoms with E-state index in [1.165, 1.54) is 46.9 Å². The van der Waals surface area contributed by atoms with Crippen LogP contribution in [0.3, 0.4) is 0 Å². The van der Waals surface area contributed by atoms with Crippen molar-refractivity contribution < 1.29 is 4.79 Å². The molecule has 3 heterocycles. The third kappa shape index (κ3) is 5.40. The minimum atomic E-state index is -0.407. The number of carbonyl (C=O) groups is 1. The number of carbonyl (C=O) groups excluding carboxylic acids is 1. The smallest absolute Gasteiger partial charge is 0.276 e. The van der Waals surface area contributed by atoms with Crippen LogP contribution >= 0.6 is 23.1 Å². The number of anilines is 1. The number of rotatable bonds is 6. The van der Waals surface area contributed by atoms with Gasteiger partial charge in [0.1, 0.15) is 11.5 Å². The van der Waals surface area contributed by atoms with Gasteiger partial charge in [-0.1, -0.05) is 6.92 Å². The first-order valence-corrected chi connectivity index (χ1v) is 11.2. The third-order valence-electron chi connectivity index (χ3n) is 4.66. The first-order chi connectivity index (χ1) is 12.9. The molecule has 2 aromatic rings. The van der Waals surface area contributed by atoms with Gasteiger partial charge in [0.2, 0.25) is 0 Å². The van der Waals surface area contributed by atoms with Gasteiger partial charge >= 0.3 is 0 Å². The number of thiazole rings is 1. The first kappa shape index (κ1) is 20.0. The fourth-order valence-electron chi connectivity index (χ4n) is 3.04. The number of H-pyrrole nitrogens is 1. The molecule has 0 radical (unpaired) electrons. The van der Waals surface area contributed by atoms with Crippen LogP contribution in [-0.4, -0.2) is 45.1 Å². The van der Waals surface area contributed by atoms with E-state index in [9.17, 15) is 9.59 Å². The largest absolute Gasteiger partial charge is 0.310 e. The molecule has 2 aromatic heterocycles. The molecule has 0 aromatic carbocycles. The average Bonchev–Trinajstić information content (AvgIpc) is 2.96. The number of nitrogens with zero attached hydrogens (tertiary/aromatic N) is 3. The average molecular weight is 408 g/mol. The molecular weight excluding hydrogens is 382 g/mol. The van der Waals surface area contributed by atoms with Gasteiger partial charge in [-0.15, -0.1) is 11.3 Å². The zero-order chi connectivity index (χ0) is 19.4. The Bertz CT molecular complexity index is 856. The summed E-state index contributed by atoms with van der Waals surface area (Å²) in [6.07, 6.45) is 4.37. The Labute approximate surface area is 167 Å². The number of hydrogen-bond donors (Lipinski definition) is 2. The van der Waals surface area contributed by atoms with Gasteiger partial charge in [-0.2, -0.15) is 11.8 Å². The maximum atomic E-state index is 12.5. The van der Waals surface area contributed by atoms with Crippen molar-refractivity contribution in [3.63, 3.8) is 0 Å². The van der Waals surface area contributed by atoms with Crippen LogP contribution in [0.2, 0.25) is 0 Å². The molecule has 0 bridgehead atoms. The number of amides is 1. The van der Waals surface area contributed by atoms with Crippen molar-refractivity contribution in [1.82, 2.24) is 19.9 Å². The Morgan fingerprint density at radius 3 is 2.85 bits per heavy atom. The van der Waals surface area contributed by atoms with Crippen molar-refractivity contribution in [3.8, 4) is 0 Å². The Morgan fingerprint density at radius 2 is 2.15 bits per heavy atom. The zero-order valence-electron chi connectivity index (χ0n) is 15.9. The van der Waals surface area contributed by atoms with E-state index in [2.05, 4.69) is 32.1 Å². The van der Waals surface area contributed by atoms with Crippen LogP contribution in [0.15, 0.2) is 10.9 Å². The Kier molecular flexibility index (Phi) is 6.67. The summed E-state index contributed by atoms with van der Waals surface area (Å²) in [5.74, 6) is 1.44. The van der Waals surface area contributed by atoms with Crippen molar-refractivity contribution in [2.75, 3.05) is 24.7 Å². The second-order valence-electron chi connectivity index (χ2n) is 6.95. The fourth-order valence-corrected chi connectivity index (χ4v) is 4.45. The van der Waals surface area contributed by atoms with Crippen LogP contribution in [0.25, 0.3) is 0 Å². The quantitative estimate of drug-likeness (QED) is 0.765. The van der Waals surface area contributed by atoms with E-state index in [-0.39, 0.29) is 11.3 Å². The summed E-state index contributed by atoms with van der Waals surface area (Å²) in [5, 5.41) is 3.34. The highest BCUT2D eigenvalue weighted by atomic mass is 32.2. The predicted octanol–water partition coefficient (Wildman–Crippen LogP) is 2.88. The van der Waals surface area contributed by atoms with E-state index < -0.39 is 5.91 Å². The van der Waals surface area contributed by atoms with E-state index >= 15 is 0 Å². The molecule has 0 atom stereocenters. The molecular formula is C18H25N5O2S2. The van der Waals surface area contributed by atoms with Crippen molar-refractivity contribution >= 4 is 34.1 Å². The molecule has 0 saturated carbocycles. The number of piperidine rings is 1. The van der Waals surface area contributed by atoms with Gasteiger partial charge in [0, 0.05) is 17.5 Å². The maximum Gasteiger partial charge on any atom is 0.276 e. The van der Waals surface area contributed by atoms with Crippen molar-refractivity contribution in [2.45, 2.75) is 39.0 Å². The molecule has 2 N–H and O–H groups in total. The first-order valence-electron chi connectivity index (χ1n) is 9.03. The topological polar surface area (TPSA) is 91.0 Å². The molecule has 9 heteroatoms. The lowest BCUT2D eigenvalue weighted by Crippen LogP contribution is -2.32. The molecule has 7 nitrogen and oxygen atoms in total. The normalized spacial score (nSPS) is 15.8. The molecule has 0 spiro atoms. The van der Waals surface area contributed by atoms with Gasteiger partial charge in [0.05, 0.1) is 11.4 Å². The number of aryl methyl sites for hydroxylation is 1. The number of aromatic amines is 1. The summed E-state index contributed by atoms with van der Waals surface area (Å²) >= 11 is 3.02. The molecule has 0 aliphatic carbocycles. The fraction of sp³-hybridized carbons (Fsp3) is 0.556. The lowest BCUT2D eigenvalue weighted by Gasteiger charge is -2.29. The molecule has 3 rings (SSSR count). The van der Waals surface area contributed by atoms with Crippen LogP contribution < -0.4 is 10.9 Å². The third-order valence-corrected chi connectivity index (χ3v) is 6.28. The van der Waals surface area contributed by atoms with Gasteiger partial charge in [0.25, 0.3) is 11.5 Å². The van der Waals surface area contributed by atoms with E-state index in [0.29, 0.717) is 16.7 Å². The molecule has 27 heavy (non-hydrogen) atoms. The number of hydrogen-bond acceptors (Lipinski definition) is 7. The Balaban J connectivity index is 1.67. The van der Waals surface area contributed by atoms with E-state index in [1.807, 2.05) is 13.2 Å². The lowest BCUT2D eigenvalue weighted by atomic mass is 9.99. The summed E-state index contributed by atoms with van der Waals surface area (Å²) in [4.78, 5) is 39.2. The SMILES string of the molecule is CSCc1nc(C(=O)Nc2nc(C)c(CN3CCC(C)CC3)s2)cc(=O)[nH]1. The van der Waals surface area contributed by atoms with Crippen LogP contribution in [0.1, 0.15) is 46.6 Å². The number of aromatic nitrogens is 3. The van der Waals surface area contributed by atoms with Gasteiger partial charge in [-0.05, 0) is 45.0 Å².